The summed E-state index contributed by atoms with van der Waals surface area (Å²) in [6, 6.07) is 28.8. The van der Waals surface area contributed by atoms with Crippen molar-refractivity contribution in [3.05, 3.63) is 115 Å². The zero-order chi connectivity index (χ0) is 24.3. The van der Waals surface area contributed by atoms with E-state index in [1.165, 1.54) is 6.20 Å². The van der Waals surface area contributed by atoms with Gasteiger partial charge in [-0.15, -0.1) is 42.0 Å². The maximum Gasteiger partial charge on any atom is 0.151 e. The summed E-state index contributed by atoms with van der Waals surface area (Å²) in [4.78, 5) is 12.5. The Kier molecular flexibility index (Phi) is 5.89. The zero-order valence-electron chi connectivity index (χ0n) is 20.3. The molecule has 0 spiro atoms. The Morgan fingerprint density at radius 1 is 0.788 bits per heavy atom. The van der Waals surface area contributed by atoms with Crippen LogP contribution in [0.3, 0.4) is 0 Å². The molecule has 4 nitrogen and oxygen atoms in total. The van der Waals surface area contributed by atoms with E-state index in [0.29, 0.717) is 0 Å². The number of benzene rings is 2. The van der Waals surface area contributed by atoms with E-state index in [1.807, 2.05) is 48.5 Å². The van der Waals surface area contributed by atoms with Crippen molar-refractivity contribution in [1.29, 1.82) is 0 Å². The molecule has 0 atom stereocenters. The molecule has 4 aromatic heterocycles. The minimum absolute atomic E-state index is 0. The molecule has 6 aromatic rings. The van der Waals surface area contributed by atoms with Gasteiger partial charge in [-0.05, 0) is 42.3 Å². The molecule has 0 amide bonds. The van der Waals surface area contributed by atoms with Crippen molar-refractivity contribution < 1.29 is 28.6 Å². The van der Waals surface area contributed by atoms with Crippen molar-refractivity contribution >= 4 is 21.9 Å². The summed E-state index contributed by atoms with van der Waals surface area (Å²) in [5.41, 5.74) is 5.35. The van der Waals surface area contributed by atoms with E-state index < -0.39 is 6.85 Å². The Hall–Kier alpha value is -3.66. The number of aromatic nitrogens is 3. The van der Waals surface area contributed by atoms with Crippen molar-refractivity contribution in [2.24, 2.45) is 0 Å². The number of aryl methyl sites for hydroxylation is 1. The van der Waals surface area contributed by atoms with E-state index in [4.69, 9.17) is 8.53 Å². The van der Waals surface area contributed by atoms with Gasteiger partial charge in [-0.2, -0.15) is 11.6 Å². The predicted molar refractivity (Wildman–Crippen MR) is 127 cm³/mol. The number of furan rings is 1. The van der Waals surface area contributed by atoms with Crippen LogP contribution in [0.25, 0.3) is 44.5 Å². The number of nitrogens with zero attached hydrogens (tertiary/aromatic N) is 3. The molecule has 2 aromatic carbocycles. The third kappa shape index (κ3) is 5.06. The Morgan fingerprint density at radius 3 is 2.39 bits per heavy atom. The quantitative estimate of drug-likeness (QED) is 0.206. The number of para-hydroxylation sites is 1. The molecule has 33 heavy (non-hydrogen) atoms. The van der Waals surface area contributed by atoms with Gasteiger partial charge in [0.2, 0.25) is 0 Å². The van der Waals surface area contributed by atoms with Crippen LogP contribution in [0.1, 0.15) is 9.68 Å². The second-order valence-electron chi connectivity index (χ2n) is 7.02. The SMILES string of the molecule is [2H]C([2H])([2H])c1ccc(-c2[c-]cccc2)nc1.[Ir].[c-]1cnccc1-c1cc2c(cn1)oc1ccccc12. The summed E-state index contributed by atoms with van der Waals surface area (Å²) in [5, 5.41) is 2.18. The molecule has 5 heteroatoms. The third-order valence-electron chi connectivity index (χ3n) is 4.91. The number of hydrogen-bond acceptors (Lipinski definition) is 4. The minimum atomic E-state index is -2.09. The van der Waals surface area contributed by atoms with Gasteiger partial charge in [-0.1, -0.05) is 36.4 Å². The van der Waals surface area contributed by atoms with Crippen LogP contribution in [0.15, 0.2) is 102 Å². The fourth-order valence-electron chi connectivity index (χ4n) is 3.36. The average molecular weight is 609 g/mol. The normalized spacial score (nSPS) is 12.1. The standard InChI is InChI=1S/C16H9N2O.C12H10N.Ir/c1-2-4-15-12(3-1)13-9-14(18-10-16(13)19-15)11-5-7-17-8-6-11;1-10-7-8-12(13-9-10)11-5-3-2-4-6-11;/h1-5,7-10H;2-5,7-9H,1H3;/q2*-1;/i;1D3;. The third-order valence-corrected chi connectivity index (χ3v) is 4.91. The summed E-state index contributed by atoms with van der Waals surface area (Å²) in [6.07, 6.45) is 6.54. The van der Waals surface area contributed by atoms with E-state index in [1.54, 1.807) is 36.8 Å². The van der Waals surface area contributed by atoms with Gasteiger partial charge in [0, 0.05) is 41.2 Å². The zero-order valence-corrected chi connectivity index (χ0v) is 19.7. The monoisotopic (exact) mass is 609 g/mol. The molecular formula is C28H19IrN3O-2. The van der Waals surface area contributed by atoms with E-state index in [0.717, 1.165) is 44.5 Å². The maximum absolute atomic E-state index is 7.23. The molecule has 0 aliphatic rings. The minimum Gasteiger partial charge on any atom is -0.455 e. The molecule has 0 saturated heterocycles. The van der Waals surface area contributed by atoms with Gasteiger partial charge in [-0.3, -0.25) is 4.98 Å². The summed E-state index contributed by atoms with van der Waals surface area (Å²) >= 11 is 0. The van der Waals surface area contributed by atoms with Gasteiger partial charge in [0.25, 0.3) is 0 Å². The van der Waals surface area contributed by atoms with Gasteiger partial charge in [-0.25, -0.2) is 0 Å². The van der Waals surface area contributed by atoms with Gasteiger partial charge in [0.15, 0.2) is 5.58 Å². The van der Waals surface area contributed by atoms with Gasteiger partial charge in [0.1, 0.15) is 5.58 Å². The first kappa shape index (κ1) is 18.9. The molecule has 0 bridgehead atoms. The van der Waals surface area contributed by atoms with E-state index in [9.17, 15) is 0 Å². The Labute approximate surface area is 209 Å². The Bertz CT molecular complexity index is 1570. The average Bonchev–Trinajstić information content (AvgIpc) is 3.28. The molecule has 1 radical (unpaired) electrons. The van der Waals surface area contributed by atoms with E-state index >= 15 is 0 Å². The first-order valence-electron chi connectivity index (χ1n) is 11.5. The summed E-state index contributed by atoms with van der Waals surface area (Å²) in [6.45, 7) is -2.09. The molecule has 0 N–H and O–H groups in total. The summed E-state index contributed by atoms with van der Waals surface area (Å²) < 4.78 is 27.5. The Morgan fingerprint density at radius 2 is 1.64 bits per heavy atom. The van der Waals surface area contributed by atoms with Crippen LogP contribution in [0, 0.1) is 19.0 Å². The van der Waals surface area contributed by atoms with Crippen molar-refractivity contribution in [2.45, 2.75) is 6.85 Å². The van der Waals surface area contributed by atoms with Gasteiger partial charge >= 0.3 is 0 Å². The van der Waals surface area contributed by atoms with Crippen LogP contribution < -0.4 is 0 Å². The molecule has 0 fully saturated rings. The van der Waals surface area contributed by atoms with Crippen LogP contribution in [0.5, 0.6) is 0 Å². The van der Waals surface area contributed by atoms with Crippen molar-refractivity contribution in [2.75, 3.05) is 0 Å². The molecule has 4 heterocycles. The van der Waals surface area contributed by atoms with E-state index in [-0.39, 0.29) is 25.7 Å². The fourth-order valence-corrected chi connectivity index (χ4v) is 3.36. The largest absolute Gasteiger partial charge is 0.455 e. The molecule has 0 saturated carbocycles. The molecule has 6 rings (SSSR count). The van der Waals surface area contributed by atoms with Crippen LogP contribution in [0.4, 0.5) is 0 Å². The maximum atomic E-state index is 7.23. The fraction of sp³-hybridized carbons (Fsp3) is 0.0357. The predicted octanol–water partition coefficient (Wildman–Crippen LogP) is 6.70. The summed E-state index contributed by atoms with van der Waals surface area (Å²) in [5.74, 6) is 0. The van der Waals surface area contributed by atoms with Crippen molar-refractivity contribution in [3.8, 4) is 22.5 Å². The second kappa shape index (κ2) is 10.3. The second-order valence-corrected chi connectivity index (χ2v) is 7.02. The van der Waals surface area contributed by atoms with Crippen LogP contribution >= 0.6 is 0 Å². The first-order chi connectivity index (χ1) is 17.0. The molecule has 163 valence electrons. The number of fused-ring (bicyclic) bond motifs is 3. The van der Waals surface area contributed by atoms with Crippen molar-refractivity contribution in [3.63, 3.8) is 0 Å². The van der Waals surface area contributed by atoms with Crippen LogP contribution in [-0.4, -0.2) is 15.0 Å². The molecule has 0 aliphatic carbocycles. The van der Waals surface area contributed by atoms with Crippen LogP contribution in [0.2, 0.25) is 0 Å². The Balaban J connectivity index is 0.000000167. The molecule has 0 unspecified atom stereocenters. The smallest absolute Gasteiger partial charge is 0.151 e. The first-order valence-corrected chi connectivity index (χ1v) is 10.0. The van der Waals surface area contributed by atoms with Gasteiger partial charge < -0.3 is 14.4 Å². The number of rotatable bonds is 2. The molecule has 0 aliphatic heterocycles. The topological polar surface area (TPSA) is 51.8 Å². The number of pyridine rings is 3. The molecular weight excluding hydrogens is 587 g/mol. The number of hydrogen-bond donors (Lipinski definition) is 0. The van der Waals surface area contributed by atoms with Gasteiger partial charge in [0.05, 0.1) is 6.20 Å². The van der Waals surface area contributed by atoms with Crippen LogP contribution in [-0.2, 0) is 20.1 Å². The van der Waals surface area contributed by atoms with Crippen molar-refractivity contribution in [1.82, 2.24) is 15.0 Å². The summed E-state index contributed by atoms with van der Waals surface area (Å²) in [7, 11) is 0. The van der Waals surface area contributed by atoms with E-state index in [2.05, 4.69) is 33.2 Å².